The number of rotatable bonds is 11. The van der Waals surface area contributed by atoms with E-state index < -0.39 is 16.1 Å². The average Bonchev–Trinajstić information content (AvgIpc) is 3.38. The molecule has 40 heavy (non-hydrogen) atoms. The van der Waals surface area contributed by atoms with Crippen LogP contribution in [0.5, 0.6) is 5.75 Å². The molecule has 10 nitrogen and oxygen atoms in total. The van der Waals surface area contributed by atoms with E-state index in [9.17, 15) is 13.5 Å². The Morgan fingerprint density at radius 2 is 1.85 bits per heavy atom. The highest BCUT2D eigenvalue weighted by Gasteiger charge is 2.43. The lowest BCUT2D eigenvalue weighted by Crippen LogP contribution is -2.45. The Balaban J connectivity index is 1.04. The molecule has 2 saturated heterocycles. The summed E-state index contributed by atoms with van der Waals surface area (Å²) in [5, 5.41) is 13.8. The van der Waals surface area contributed by atoms with Gasteiger partial charge in [0.2, 0.25) is 16.0 Å². The summed E-state index contributed by atoms with van der Waals surface area (Å²) in [6.07, 6.45) is 6.60. The standard InChI is InChI=1S/C29H37N5O5S/c1-30-40(36,37)27-9-5-8-26(15-27)38-21-25(35)19-31-24-16-29(39-20-24)10-12-34(13-11-29)28-32-17-23(18-33-28)14-22-6-3-2-4-7-22/h2-9,15,17-18,24-25,30-31,35H,10-14,16,19-21H2,1H3/t24-,25?/m1/s1. The molecule has 2 fully saturated rings. The van der Waals surface area contributed by atoms with E-state index >= 15 is 0 Å². The fourth-order valence-electron chi connectivity index (χ4n) is 5.28. The fraction of sp³-hybridized carbons (Fsp3) is 0.448. The minimum Gasteiger partial charge on any atom is -0.491 e. The molecule has 3 heterocycles. The van der Waals surface area contributed by atoms with Gasteiger partial charge >= 0.3 is 0 Å². The van der Waals surface area contributed by atoms with Gasteiger partial charge in [0.15, 0.2) is 0 Å². The van der Waals surface area contributed by atoms with Gasteiger partial charge in [-0.25, -0.2) is 23.1 Å². The molecule has 2 aliphatic heterocycles. The molecule has 1 aromatic heterocycles. The molecule has 0 amide bonds. The van der Waals surface area contributed by atoms with Crippen molar-refractivity contribution in [2.75, 3.05) is 44.8 Å². The van der Waals surface area contributed by atoms with Gasteiger partial charge in [-0.15, -0.1) is 0 Å². The number of hydrogen-bond donors (Lipinski definition) is 3. The Morgan fingerprint density at radius 1 is 1.10 bits per heavy atom. The maximum atomic E-state index is 12.0. The second-order valence-electron chi connectivity index (χ2n) is 10.5. The zero-order chi connectivity index (χ0) is 28.0. The number of sulfonamides is 1. The van der Waals surface area contributed by atoms with Crippen LogP contribution in [0.2, 0.25) is 0 Å². The van der Waals surface area contributed by atoms with Gasteiger partial charge in [0, 0.05) is 50.6 Å². The lowest BCUT2D eigenvalue weighted by Gasteiger charge is -2.38. The van der Waals surface area contributed by atoms with Crippen molar-refractivity contribution >= 4 is 16.0 Å². The molecule has 1 spiro atoms. The molecule has 2 aliphatic rings. The Labute approximate surface area is 235 Å². The van der Waals surface area contributed by atoms with E-state index in [4.69, 9.17) is 9.47 Å². The Bertz CT molecular complexity index is 1350. The minimum atomic E-state index is -3.55. The van der Waals surface area contributed by atoms with E-state index in [-0.39, 0.29) is 23.1 Å². The molecule has 3 N–H and O–H groups in total. The van der Waals surface area contributed by atoms with Crippen molar-refractivity contribution in [2.45, 2.75) is 48.3 Å². The molecule has 0 radical (unpaired) electrons. The van der Waals surface area contributed by atoms with E-state index in [1.165, 1.54) is 24.7 Å². The van der Waals surface area contributed by atoms with Crippen LogP contribution >= 0.6 is 0 Å². The molecule has 2 atom stereocenters. The van der Waals surface area contributed by atoms with Gasteiger partial charge in [-0.2, -0.15) is 0 Å². The largest absolute Gasteiger partial charge is 0.491 e. The van der Waals surface area contributed by atoms with Crippen molar-refractivity contribution in [3.05, 3.63) is 78.1 Å². The Hall–Kier alpha value is -3.09. The van der Waals surface area contributed by atoms with Gasteiger partial charge in [0.25, 0.3) is 0 Å². The van der Waals surface area contributed by atoms with Gasteiger partial charge in [-0.1, -0.05) is 36.4 Å². The third-order valence-electron chi connectivity index (χ3n) is 7.58. The van der Waals surface area contributed by atoms with Crippen molar-refractivity contribution in [1.82, 2.24) is 20.0 Å². The molecule has 3 aromatic rings. The highest BCUT2D eigenvalue weighted by atomic mass is 32.2. The lowest BCUT2D eigenvalue weighted by atomic mass is 9.87. The summed E-state index contributed by atoms with van der Waals surface area (Å²) >= 11 is 0. The average molecular weight is 568 g/mol. The van der Waals surface area contributed by atoms with Crippen molar-refractivity contribution in [1.29, 1.82) is 0 Å². The first-order valence-electron chi connectivity index (χ1n) is 13.7. The van der Waals surface area contributed by atoms with Crippen molar-refractivity contribution < 1.29 is 23.0 Å². The molecular formula is C29H37N5O5S. The first kappa shape index (κ1) is 28.4. The number of hydrogen-bond acceptors (Lipinski definition) is 9. The minimum absolute atomic E-state index is 0.0495. The molecule has 0 bridgehead atoms. The number of aromatic nitrogens is 2. The number of nitrogens with one attached hydrogen (secondary N) is 2. The van der Waals surface area contributed by atoms with E-state index in [1.54, 1.807) is 12.1 Å². The van der Waals surface area contributed by atoms with Crippen LogP contribution in [0.3, 0.4) is 0 Å². The summed E-state index contributed by atoms with van der Waals surface area (Å²) in [4.78, 5) is 11.6. The van der Waals surface area contributed by atoms with Gasteiger partial charge in [-0.05, 0) is 49.6 Å². The summed E-state index contributed by atoms with van der Waals surface area (Å²) in [6, 6.07) is 16.7. The third kappa shape index (κ3) is 7.15. The summed E-state index contributed by atoms with van der Waals surface area (Å²) < 4.78 is 38.2. The SMILES string of the molecule is CNS(=O)(=O)c1cccc(OCC(O)CN[C@H]2COC3(CCN(c4ncc(Cc5ccccc5)cn4)CC3)C2)c1. The van der Waals surface area contributed by atoms with Crippen LogP contribution in [-0.4, -0.2) is 81.1 Å². The van der Waals surface area contributed by atoms with Crippen LogP contribution in [0.15, 0.2) is 71.9 Å². The van der Waals surface area contributed by atoms with Crippen LogP contribution in [0, 0.1) is 0 Å². The molecule has 5 rings (SSSR count). The topological polar surface area (TPSA) is 126 Å². The number of benzene rings is 2. The zero-order valence-electron chi connectivity index (χ0n) is 22.7. The maximum Gasteiger partial charge on any atom is 0.240 e. The van der Waals surface area contributed by atoms with E-state index in [1.807, 2.05) is 30.6 Å². The number of piperidine rings is 1. The summed E-state index contributed by atoms with van der Waals surface area (Å²) in [7, 11) is -2.20. The first-order valence-corrected chi connectivity index (χ1v) is 15.1. The molecule has 1 unspecified atom stereocenters. The summed E-state index contributed by atoms with van der Waals surface area (Å²) in [5.74, 6) is 1.15. The van der Waals surface area contributed by atoms with Crippen molar-refractivity contribution in [2.24, 2.45) is 0 Å². The molecule has 11 heteroatoms. The summed E-state index contributed by atoms with van der Waals surface area (Å²) in [6.45, 7) is 2.68. The van der Waals surface area contributed by atoms with Crippen LogP contribution < -0.4 is 19.7 Å². The smallest absolute Gasteiger partial charge is 0.240 e. The van der Waals surface area contributed by atoms with E-state index in [0.29, 0.717) is 18.9 Å². The van der Waals surface area contributed by atoms with E-state index in [2.05, 4.69) is 37.0 Å². The predicted octanol–water partition coefficient (Wildman–Crippen LogP) is 2.13. The van der Waals surface area contributed by atoms with Gasteiger partial charge in [0.1, 0.15) is 18.5 Å². The molecule has 0 aliphatic carbocycles. The Kier molecular flexibility index (Phi) is 8.97. The van der Waals surface area contributed by atoms with Crippen LogP contribution in [0.4, 0.5) is 5.95 Å². The Morgan fingerprint density at radius 3 is 2.58 bits per heavy atom. The van der Waals surface area contributed by atoms with Crippen LogP contribution in [0.1, 0.15) is 30.4 Å². The number of aliphatic hydroxyl groups excluding tert-OH is 1. The number of nitrogens with zero attached hydrogens (tertiary/aromatic N) is 3. The highest BCUT2D eigenvalue weighted by molar-refractivity contribution is 7.89. The molecule has 2 aromatic carbocycles. The van der Waals surface area contributed by atoms with Gasteiger partial charge < -0.3 is 24.8 Å². The third-order valence-corrected chi connectivity index (χ3v) is 8.99. The highest BCUT2D eigenvalue weighted by Crippen LogP contribution is 2.36. The molecule has 0 saturated carbocycles. The second kappa shape index (κ2) is 12.6. The molecule has 214 valence electrons. The predicted molar refractivity (Wildman–Crippen MR) is 152 cm³/mol. The quantitative estimate of drug-likeness (QED) is 0.320. The fourth-order valence-corrected chi connectivity index (χ4v) is 6.04. The maximum absolute atomic E-state index is 12.0. The molecular weight excluding hydrogens is 530 g/mol. The van der Waals surface area contributed by atoms with Gasteiger partial charge in [-0.3, -0.25) is 0 Å². The zero-order valence-corrected chi connectivity index (χ0v) is 23.5. The number of ether oxygens (including phenoxy) is 2. The van der Waals surface area contributed by atoms with Crippen molar-refractivity contribution in [3.8, 4) is 5.75 Å². The first-order chi connectivity index (χ1) is 19.3. The van der Waals surface area contributed by atoms with Crippen molar-refractivity contribution in [3.63, 3.8) is 0 Å². The lowest BCUT2D eigenvalue weighted by molar-refractivity contribution is -0.0152. The number of anilines is 1. The summed E-state index contributed by atoms with van der Waals surface area (Å²) in [5.41, 5.74) is 2.18. The second-order valence-corrected chi connectivity index (χ2v) is 12.4. The number of aliphatic hydroxyl groups is 1. The van der Waals surface area contributed by atoms with Crippen LogP contribution in [0.25, 0.3) is 0 Å². The monoisotopic (exact) mass is 567 g/mol. The normalized spacial score (nSPS) is 19.6. The van der Waals surface area contributed by atoms with Crippen LogP contribution in [-0.2, 0) is 21.2 Å². The van der Waals surface area contributed by atoms with Gasteiger partial charge in [0.05, 0.1) is 17.1 Å². The van der Waals surface area contributed by atoms with E-state index in [0.717, 1.165) is 50.3 Å².